The van der Waals surface area contributed by atoms with Crippen molar-refractivity contribution in [2.75, 3.05) is 18.4 Å². The normalized spacial score (nSPS) is 14.6. The molecule has 1 N–H and O–H groups in total. The van der Waals surface area contributed by atoms with Crippen LogP contribution in [-0.2, 0) is 11.3 Å². The molecule has 1 heterocycles. The van der Waals surface area contributed by atoms with Gasteiger partial charge in [0, 0.05) is 37.3 Å². The van der Waals surface area contributed by atoms with E-state index in [2.05, 4.69) is 10.2 Å². The maximum Gasteiger partial charge on any atom is 0.411 e. The van der Waals surface area contributed by atoms with E-state index < -0.39 is 11.0 Å². The van der Waals surface area contributed by atoms with Crippen molar-refractivity contribution in [3.8, 4) is 11.1 Å². The van der Waals surface area contributed by atoms with Crippen molar-refractivity contribution in [3.63, 3.8) is 0 Å². The third-order valence-corrected chi connectivity index (χ3v) is 5.61. The van der Waals surface area contributed by atoms with Crippen LogP contribution >= 0.6 is 0 Å². The molecule has 0 atom stereocenters. The molecule has 4 rings (SSSR count). The number of hydrogen-bond donors (Lipinski definition) is 1. The maximum absolute atomic E-state index is 12.5. The lowest BCUT2D eigenvalue weighted by atomic mass is 10.0. The number of nitro benzene ring substituents is 1. The average molecular weight is 431 g/mol. The van der Waals surface area contributed by atoms with Crippen molar-refractivity contribution in [2.45, 2.75) is 25.5 Å². The van der Waals surface area contributed by atoms with Crippen LogP contribution in [0.15, 0.2) is 78.9 Å². The molecule has 0 aromatic heterocycles. The number of likely N-dealkylation sites (tertiary alicyclic amines) is 1. The molecule has 7 heteroatoms. The number of carbonyl (C=O) groups is 1. The molecule has 1 aliphatic heterocycles. The predicted octanol–water partition coefficient (Wildman–Crippen LogP) is 5.47. The fourth-order valence-electron chi connectivity index (χ4n) is 3.92. The van der Waals surface area contributed by atoms with Crippen LogP contribution in [-0.4, -0.2) is 35.1 Å². The first-order chi connectivity index (χ1) is 15.6. The van der Waals surface area contributed by atoms with E-state index in [1.54, 1.807) is 12.1 Å². The fourth-order valence-corrected chi connectivity index (χ4v) is 3.92. The number of nitrogens with zero attached hydrogens (tertiary/aromatic N) is 2. The first-order valence-electron chi connectivity index (χ1n) is 10.7. The van der Waals surface area contributed by atoms with Crippen LogP contribution in [0.5, 0.6) is 0 Å². The number of benzene rings is 3. The van der Waals surface area contributed by atoms with Gasteiger partial charge in [0.2, 0.25) is 0 Å². The van der Waals surface area contributed by atoms with E-state index in [1.165, 1.54) is 12.1 Å². The van der Waals surface area contributed by atoms with Crippen molar-refractivity contribution >= 4 is 17.5 Å². The lowest BCUT2D eigenvalue weighted by Gasteiger charge is -2.31. The molecule has 164 valence electrons. The summed E-state index contributed by atoms with van der Waals surface area (Å²) in [4.78, 5) is 25.2. The van der Waals surface area contributed by atoms with Crippen LogP contribution in [0.2, 0.25) is 0 Å². The first kappa shape index (κ1) is 21.5. The van der Waals surface area contributed by atoms with Gasteiger partial charge in [-0.25, -0.2) is 4.79 Å². The fraction of sp³-hybridized carbons (Fsp3) is 0.240. The Morgan fingerprint density at radius 2 is 1.62 bits per heavy atom. The van der Waals surface area contributed by atoms with Gasteiger partial charge in [-0.1, -0.05) is 60.7 Å². The van der Waals surface area contributed by atoms with Crippen molar-refractivity contribution in [2.24, 2.45) is 0 Å². The molecule has 1 fully saturated rings. The van der Waals surface area contributed by atoms with E-state index in [4.69, 9.17) is 4.74 Å². The number of rotatable bonds is 6. The number of carbonyl (C=O) groups excluding carboxylic acids is 1. The van der Waals surface area contributed by atoms with Crippen molar-refractivity contribution < 1.29 is 14.5 Å². The first-order valence-corrected chi connectivity index (χ1v) is 10.7. The number of piperidine rings is 1. The molecule has 3 aromatic rings. The number of anilines is 1. The highest BCUT2D eigenvalue weighted by molar-refractivity contribution is 5.91. The van der Waals surface area contributed by atoms with Crippen LogP contribution in [0.3, 0.4) is 0 Å². The summed E-state index contributed by atoms with van der Waals surface area (Å²) in [6, 6.07) is 24.2. The molecule has 0 saturated carbocycles. The van der Waals surface area contributed by atoms with E-state index in [9.17, 15) is 14.9 Å². The molecular weight excluding hydrogens is 406 g/mol. The maximum atomic E-state index is 12.5. The highest BCUT2D eigenvalue weighted by Gasteiger charge is 2.23. The Morgan fingerprint density at radius 3 is 2.31 bits per heavy atom. The quantitative estimate of drug-likeness (QED) is 0.413. The smallest absolute Gasteiger partial charge is 0.411 e. The number of non-ortho nitro benzene ring substituents is 1. The molecule has 1 amide bonds. The molecule has 32 heavy (non-hydrogen) atoms. The van der Waals surface area contributed by atoms with E-state index in [0.717, 1.165) is 54.9 Å². The van der Waals surface area contributed by atoms with Crippen molar-refractivity contribution in [1.82, 2.24) is 4.90 Å². The predicted molar refractivity (Wildman–Crippen MR) is 123 cm³/mol. The van der Waals surface area contributed by atoms with Gasteiger partial charge < -0.3 is 4.74 Å². The Balaban J connectivity index is 1.28. The van der Waals surface area contributed by atoms with Crippen LogP contribution in [0.25, 0.3) is 11.1 Å². The second-order valence-electron chi connectivity index (χ2n) is 7.84. The lowest BCUT2D eigenvalue weighted by molar-refractivity contribution is -0.384. The van der Waals surface area contributed by atoms with Crippen molar-refractivity contribution in [1.29, 1.82) is 0 Å². The summed E-state index contributed by atoms with van der Waals surface area (Å²) >= 11 is 0. The molecule has 0 radical (unpaired) electrons. The summed E-state index contributed by atoms with van der Waals surface area (Å²) in [5.41, 5.74) is 3.83. The Kier molecular flexibility index (Phi) is 6.77. The highest BCUT2D eigenvalue weighted by atomic mass is 16.6. The summed E-state index contributed by atoms with van der Waals surface area (Å²) in [6.45, 7) is 2.33. The number of ether oxygens (including phenoxy) is 1. The number of nitro groups is 1. The molecule has 0 unspecified atom stereocenters. The lowest BCUT2D eigenvalue weighted by Crippen LogP contribution is -2.38. The van der Waals surface area contributed by atoms with Crippen LogP contribution in [0.4, 0.5) is 16.2 Å². The number of amides is 1. The zero-order valence-corrected chi connectivity index (χ0v) is 17.6. The molecule has 7 nitrogen and oxygen atoms in total. The van der Waals surface area contributed by atoms with E-state index in [-0.39, 0.29) is 11.8 Å². The summed E-state index contributed by atoms with van der Waals surface area (Å²) in [7, 11) is 0. The third-order valence-electron chi connectivity index (χ3n) is 5.61. The second kappa shape index (κ2) is 10.1. The van der Waals surface area contributed by atoms with E-state index in [0.29, 0.717) is 0 Å². The van der Waals surface area contributed by atoms with E-state index in [1.807, 2.05) is 54.6 Å². The Morgan fingerprint density at radius 1 is 0.969 bits per heavy atom. The van der Waals surface area contributed by atoms with Gasteiger partial charge in [0.05, 0.1) is 10.6 Å². The average Bonchev–Trinajstić information content (AvgIpc) is 2.81. The monoisotopic (exact) mass is 431 g/mol. The van der Waals surface area contributed by atoms with Crippen LogP contribution in [0.1, 0.15) is 18.4 Å². The zero-order chi connectivity index (χ0) is 22.3. The number of para-hydroxylation sites is 1. The van der Waals surface area contributed by atoms with Gasteiger partial charge in [-0.3, -0.25) is 20.3 Å². The molecule has 0 spiro atoms. The Bertz CT molecular complexity index is 1060. The standard InChI is InChI=1S/C25H25N3O4/c29-25(26-24-9-5-4-8-23(24)20-6-2-1-3-7-20)32-22-14-16-27(17-15-22)18-19-10-12-21(13-11-19)28(30)31/h1-13,22H,14-18H2,(H,26,29). The van der Waals surface area contributed by atoms with Crippen LogP contribution < -0.4 is 5.32 Å². The second-order valence-corrected chi connectivity index (χ2v) is 7.84. The minimum Gasteiger partial charge on any atom is -0.446 e. The topological polar surface area (TPSA) is 84.7 Å². The molecular formula is C25H25N3O4. The molecule has 3 aromatic carbocycles. The minimum atomic E-state index is -0.442. The van der Waals surface area contributed by atoms with Gasteiger partial charge in [-0.05, 0) is 30.0 Å². The number of hydrogen-bond acceptors (Lipinski definition) is 5. The zero-order valence-electron chi connectivity index (χ0n) is 17.6. The Hall–Kier alpha value is -3.71. The van der Waals surface area contributed by atoms with Gasteiger partial charge in [-0.15, -0.1) is 0 Å². The molecule has 0 bridgehead atoms. The van der Waals surface area contributed by atoms with Crippen molar-refractivity contribution in [3.05, 3.63) is 94.5 Å². The molecule has 1 saturated heterocycles. The third kappa shape index (κ3) is 5.50. The highest BCUT2D eigenvalue weighted by Crippen LogP contribution is 2.28. The van der Waals surface area contributed by atoms with Gasteiger partial charge in [0.25, 0.3) is 5.69 Å². The van der Waals surface area contributed by atoms with Gasteiger partial charge >= 0.3 is 6.09 Å². The molecule has 0 aliphatic carbocycles. The summed E-state index contributed by atoms with van der Waals surface area (Å²) in [5.74, 6) is 0. The SMILES string of the molecule is O=C(Nc1ccccc1-c1ccccc1)OC1CCN(Cc2ccc([N+](=O)[O-])cc2)CC1. The largest absolute Gasteiger partial charge is 0.446 e. The van der Waals surface area contributed by atoms with Gasteiger partial charge in [-0.2, -0.15) is 0 Å². The molecule has 1 aliphatic rings. The van der Waals surface area contributed by atoms with Crippen LogP contribution in [0, 0.1) is 10.1 Å². The Labute approximate surface area is 186 Å². The van der Waals surface area contributed by atoms with Gasteiger partial charge in [0.15, 0.2) is 0 Å². The van der Waals surface area contributed by atoms with E-state index >= 15 is 0 Å². The summed E-state index contributed by atoms with van der Waals surface area (Å²) in [5, 5.41) is 13.7. The summed E-state index contributed by atoms with van der Waals surface area (Å²) < 4.78 is 5.68. The number of nitrogens with one attached hydrogen (secondary N) is 1. The minimum absolute atomic E-state index is 0.0979. The van der Waals surface area contributed by atoms with Gasteiger partial charge in [0.1, 0.15) is 6.10 Å². The summed E-state index contributed by atoms with van der Waals surface area (Å²) in [6.07, 6.45) is 0.927.